The van der Waals surface area contributed by atoms with Crippen LogP contribution in [0, 0.1) is 5.92 Å². The Bertz CT molecular complexity index is 591. The number of piperidine rings is 2. The molecule has 136 valence electrons. The number of hydrogen-bond donors (Lipinski definition) is 1. The fourth-order valence-corrected chi connectivity index (χ4v) is 3.72. The zero-order valence-corrected chi connectivity index (χ0v) is 15.2. The van der Waals surface area contributed by atoms with Crippen LogP contribution in [0.25, 0.3) is 0 Å². The summed E-state index contributed by atoms with van der Waals surface area (Å²) in [6.45, 7) is 7.11. The molecule has 2 saturated heterocycles. The van der Waals surface area contributed by atoms with Gasteiger partial charge in [0.1, 0.15) is 0 Å². The second-order valence-corrected chi connectivity index (χ2v) is 7.14. The molecule has 0 atom stereocenters. The van der Waals surface area contributed by atoms with Crippen LogP contribution in [0.1, 0.15) is 49.4 Å². The number of rotatable bonds is 5. The molecule has 2 aliphatic heterocycles. The van der Waals surface area contributed by atoms with Gasteiger partial charge in [-0.1, -0.05) is 6.92 Å². The Morgan fingerprint density at radius 1 is 1.12 bits per heavy atom. The molecule has 2 amide bonds. The van der Waals surface area contributed by atoms with Crippen molar-refractivity contribution in [1.29, 1.82) is 0 Å². The van der Waals surface area contributed by atoms with E-state index in [1.54, 1.807) is 0 Å². The molecule has 5 nitrogen and oxygen atoms in total. The second kappa shape index (κ2) is 8.48. The Hall–Kier alpha value is -1.88. The molecule has 0 radical (unpaired) electrons. The molecule has 2 heterocycles. The zero-order valence-electron chi connectivity index (χ0n) is 15.2. The average Bonchev–Trinajstić information content (AvgIpc) is 2.67. The summed E-state index contributed by atoms with van der Waals surface area (Å²) in [5.74, 6) is 0.744. The Kier molecular flexibility index (Phi) is 6.08. The molecule has 0 spiro atoms. The summed E-state index contributed by atoms with van der Waals surface area (Å²) in [5.41, 5.74) is 1.56. The number of hydrogen-bond acceptors (Lipinski definition) is 3. The van der Waals surface area contributed by atoms with Crippen LogP contribution in [0.2, 0.25) is 0 Å². The van der Waals surface area contributed by atoms with Gasteiger partial charge in [0.05, 0.1) is 0 Å². The number of carbonyl (C=O) groups excluding carboxylic acids is 2. The predicted octanol–water partition coefficient (Wildman–Crippen LogP) is 2.67. The molecular formula is C20H29N3O2. The van der Waals surface area contributed by atoms with Crippen LogP contribution < -0.4 is 10.2 Å². The van der Waals surface area contributed by atoms with E-state index in [4.69, 9.17) is 0 Å². The molecule has 2 fully saturated rings. The van der Waals surface area contributed by atoms with Crippen LogP contribution in [0.15, 0.2) is 24.3 Å². The molecule has 25 heavy (non-hydrogen) atoms. The van der Waals surface area contributed by atoms with E-state index in [2.05, 4.69) is 17.1 Å². The van der Waals surface area contributed by atoms with Gasteiger partial charge in [-0.25, -0.2) is 0 Å². The Balaban J connectivity index is 1.50. The fraction of sp³-hybridized carbons (Fsp3) is 0.600. The lowest BCUT2D eigenvalue weighted by Crippen LogP contribution is -2.38. The van der Waals surface area contributed by atoms with Crippen LogP contribution in [0.3, 0.4) is 0 Å². The van der Waals surface area contributed by atoms with Gasteiger partial charge in [-0.3, -0.25) is 9.59 Å². The first-order chi connectivity index (χ1) is 12.2. The van der Waals surface area contributed by atoms with Gasteiger partial charge in [0.2, 0.25) is 5.91 Å². The largest absolute Gasteiger partial charge is 0.352 e. The van der Waals surface area contributed by atoms with Crippen LogP contribution >= 0.6 is 0 Å². The van der Waals surface area contributed by atoms with E-state index in [1.165, 1.54) is 0 Å². The van der Waals surface area contributed by atoms with Gasteiger partial charge in [0.15, 0.2) is 0 Å². The zero-order chi connectivity index (χ0) is 17.6. The van der Waals surface area contributed by atoms with Crippen molar-refractivity contribution in [3.05, 3.63) is 29.8 Å². The molecule has 0 unspecified atom stereocenters. The Labute approximate surface area is 150 Å². The van der Waals surface area contributed by atoms with Gasteiger partial charge >= 0.3 is 0 Å². The van der Waals surface area contributed by atoms with E-state index in [1.807, 2.05) is 29.2 Å². The highest BCUT2D eigenvalue weighted by Crippen LogP contribution is 2.21. The fourth-order valence-electron chi connectivity index (χ4n) is 3.72. The van der Waals surface area contributed by atoms with Gasteiger partial charge in [-0.05, 0) is 75.5 Å². The van der Waals surface area contributed by atoms with Gasteiger partial charge in [0.25, 0.3) is 5.91 Å². The van der Waals surface area contributed by atoms with Crippen molar-refractivity contribution in [2.45, 2.75) is 39.0 Å². The van der Waals surface area contributed by atoms with Crippen LogP contribution in [0.4, 0.5) is 5.69 Å². The minimum absolute atomic E-state index is 0.0190. The quantitative estimate of drug-likeness (QED) is 0.894. The highest BCUT2D eigenvalue weighted by molar-refractivity contribution is 5.96. The van der Waals surface area contributed by atoms with Crippen LogP contribution in [0.5, 0.6) is 0 Å². The summed E-state index contributed by atoms with van der Waals surface area (Å²) in [7, 11) is 0. The van der Waals surface area contributed by atoms with E-state index in [0.717, 1.165) is 64.1 Å². The van der Waals surface area contributed by atoms with Crippen molar-refractivity contribution in [2.24, 2.45) is 5.92 Å². The number of nitrogens with one attached hydrogen (secondary N) is 1. The van der Waals surface area contributed by atoms with Crippen molar-refractivity contribution < 1.29 is 9.59 Å². The summed E-state index contributed by atoms with van der Waals surface area (Å²) in [6, 6.07) is 7.42. The van der Waals surface area contributed by atoms with Crippen LogP contribution in [-0.2, 0) is 4.79 Å². The summed E-state index contributed by atoms with van der Waals surface area (Å²) >= 11 is 0. The maximum atomic E-state index is 12.4. The normalized spacial score (nSPS) is 19.9. The SMILES string of the molecule is CCN1CCC(CNC(=O)c2ccc(N3CCCCC3=O)cc2)CC1. The monoisotopic (exact) mass is 343 g/mol. The third kappa shape index (κ3) is 4.60. The molecule has 2 aliphatic rings. The maximum Gasteiger partial charge on any atom is 0.251 e. The lowest BCUT2D eigenvalue weighted by molar-refractivity contribution is -0.119. The van der Waals surface area contributed by atoms with Gasteiger partial charge in [-0.2, -0.15) is 0 Å². The van der Waals surface area contributed by atoms with Gasteiger partial charge in [0, 0.05) is 30.8 Å². The number of amides is 2. The highest BCUT2D eigenvalue weighted by Gasteiger charge is 2.21. The molecule has 1 N–H and O–H groups in total. The Morgan fingerprint density at radius 3 is 2.48 bits per heavy atom. The van der Waals surface area contributed by atoms with Gasteiger partial charge < -0.3 is 15.1 Å². The van der Waals surface area contributed by atoms with Crippen molar-refractivity contribution in [3.8, 4) is 0 Å². The Morgan fingerprint density at radius 2 is 1.84 bits per heavy atom. The summed E-state index contributed by atoms with van der Waals surface area (Å²) in [4.78, 5) is 28.6. The van der Waals surface area contributed by atoms with Crippen LogP contribution in [-0.4, -0.2) is 49.4 Å². The summed E-state index contributed by atoms with van der Waals surface area (Å²) in [5, 5.41) is 3.07. The third-order valence-corrected chi connectivity index (χ3v) is 5.47. The number of anilines is 1. The predicted molar refractivity (Wildman–Crippen MR) is 99.8 cm³/mol. The van der Waals surface area contributed by atoms with E-state index in [9.17, 15) is 9.59 Å². The van der Waals surface area contributed by atoms with Gasteiger partial charge in [-0.15, -0.1) is 0 Å². The highest BCUT2D eigenvalue weighted by atomic mass is 16.2. The minimum atomic E-state index is -0.0190. The molecular weight excluding hydrogens is 314 g/mol. The standard InChI is InChI=1S/C20H29N3O2/c1-2-22-13-10-16(11-14-22)15-21-20(25)17-6-8-18(9-7-17)23-12-4-3-5-19(23)24/h6-9,16H,2-5,10-15H2,1H3,(H,21,25). The summed E-state index contributed by atoms with van der Waals surface area (Å²) < 4.78 is 0. The van der Waals surface area contributed by atoms with Crippen molar-refractivity contribution in [2.75, 3.05) is 37.6 Å². The number of benzene rings is 1. The maximum absolute atomic E-state index is 12.4. The van der Waals surface area contributed by atoms with E-state index in [0.29, 0.717) is 17.9 Å². The molecule has 3 rings (SSSR count). The minimum Gasteiger partial charge on any atom is -0.352 e. The first-order valence-corrected chi connectivity index (χ1v) is 9.58. The lowest BCUT2D eigenvalue weighted by atomic mass is 9.96. The van der Waals surface area contributed by atoms with Crippen molar-refractivity contribution in [1.82, 2.24) is 10.2 Å². The number of likely N-dealkylation sites (tertiary alicyclic amines) is 1. The van der Waals surface area contributed by atoms with Crippen molar-refractivity contribution >= 4 is 17.5 Å². The molecule has 0 bridgehead atoms. The molecule has 0 aromatic heterocycles. The van der Waals surface area contributed by atoms with E-state index >= 15 is 0 Å². The van der Waals surface area contributed by atoms with E-state index in [-0.39, 0.29) is 11.8 Å². The molecule has 0 aliphatic carbocycles. The lowest BCUT2D eigenvalue weighted by Gasteiger charge is -2.31. The first kappa shape index (κ1) is 17.9. The second-order valence-electron chi connectivity index (χ2n) is 7.14. The third-order valence-electron chi connectivity index (χ3n) is 5.47. The first-order valence-electron chi connectivity index (χ1n) is 9.58. The number of carbonyl (C=O) groups is 2. The topological polar surface area (TPSA) is 52.7 Å². The molecule has 1 aromatic rings. The molecule has 5 heteroatoms. The van der Waals surface area contributed by atoms with Crippen molar-refractivity contribution in [3.63, 3.8) is 0 Å². The summed E-state index contributed by atoms with van der Waals surface area (Å²) in [6.07, 6.45) is 4.96. The molecule has 0 saturated carbocycles. The van der Waals surface area contributed by atoms with E-state index < -0.39 is 0 Å². The smallest absolute Gasteiger partial charge is 0.251 e. The average molecular weight is 343 g/mol. The number of nitrogens with zero attached hydrogens (tertiary/aromatic N) is 2. The molecule has 1 aromatic carbocycles.